The van der Waals surface area contributed by atoms with Gasteiger partial charge in [-0.3, -0.25) is 4.79 Å². The maximum Gasteiger partial charge on any atom is 0.318 e. The molecule has 2 aliphatic heterocycles. The van der Waals surface area contributed by atoms with Crippen LogP contribution in [0, 0.1) is 11.3 Å². The first-order chi connectivity index (χ1) is 20.4. The van der Waals surface area contributed by atoms with E-state index < -0.39 is 0 Å². The molecule has 6 rings (SSSR count). The summed E-state index contributed by atoms with van der Waals surface area (Å²) >= 11 is 0. The number of nitrogens with zero attached hydrogens (tertiary/aromatic N) is 7. The highest BCUT2D eigenvalue weighted by atomic mass is 16.5. The fourth-order valence-electron chi connectivity index (χ4n) is 6.17. The van der Waals surface area contributed by atoms with Crippen molar-refractivity contribution in [2.75, 3.05) is 56.2 Å². The number of nitriles is 1. The van der Waals surface area contributed by atoms with Gasteiger partial charge in [0.05, 0.1) is 30.8 Å². The summed E-state index contributed by atoms with van der Waals surface area (Å²) in [5.74, 6) is 0.897. The minimum atomic E-state index is -0.254. The number of amides is 1. The van der Waals surface area contributed by atoms with Crippen LogP contribution in [0.1, 0.15) is 30.5 Å². The van der Waals surface area contributed by atoms with E-state index >= 15 is 0 Å². The second-order valence-electron chi connectivity index (χ2n) is 11.4. The molecule has 1 aromatic heterocycles. The average Bonchev–Trinajstić information content (AvgIpc) is 3.86. The monoisotopic (exact) mass is 567 g/mol. The molecule has 3 aliphatic rings. The lowest BCUT2D eigenvalue weighted by molar-refractivity contribution is -0.128. The minimum Gasteiger partial charge on any atom is -0.508 e. The van der Waals surface area contributed by atoms with Gasteiger partial charge in [-0.25, -0.2) is 0 Å². The second-order valence-corrected chi connectivity index (χ2v) is 11.4. The molecule has 0 spiro atoms. The van der Waals surface area contributed by atoms with Crippen LogP contribution in [0.15, 0.2) is 49.1 Å². The van der Waals surface area contributed by atoms with Gasteiger partial charge in [-0.2, -0.15) is 15.2 Å². The molecule has 3 aromatic rings. The average molecular weight is 568 g/mol. The Labute approximate surface area is 246 Å². The Bertz CT molecular complexity index is 1530. The van der Waals surface area contributed by atoms with Crippen molar-refractivity contribution in [3.05, 3.63) is 60.3 Å². The summed E-state index contributed by atoms with van der Waals surface area (Å²) < 4.78 is 6.15. The molecule has 2 fully saturated rings. The number of ether oxygens (including phenoxy) is 1. The molecular weight excluding hydrogens is 530 g/mol. The van der Waals surface area contributed by atoms with Crippen LogP contribution in [0.2, 0.25) is 0 Å². The van der Waals surface area contributed by atoms with E-state index in [1.54, 1.807) is 11.0 Å². The topological polar surface area (TPSA) is 109 Å². The van der Waals surface area contributed by atoms with E-state index in [2.05, 4.69) is 40.5 Å². The van der Waals surface area contributed by atoms with Crippen LogP contribution in [0.3, 0.4) is 0 Å². The molecular formula is C32H37N7O3. The molecule has 1 N–H and O–H groups in total. The fraction of sp³-hybridized carbons (Fsp3) is 0.438. The van der Waals surface area contributed by atoms with Gasteiger partial charge < -0.3 is 29.4 Å². The first-order valence-corrected chi connectivity index (χ1v) is 14.7. The van der Waals surface area contributed by atoms with Crippen molar-refractivity contribution >= 4 is 28.2 Å². The maximum atomic E-state index is 12.5. The van der Waals surface area contributed by atoms with Gasteiger partial charge in [0, 0.05) is 61.5 Å². The van der Waals surface area contributed by atoms with Crippen LogP contribution in [0.4, 0.5) is 11.5 Å². The van der Waals surface area contributed by atoms with Crippen molar-refractivity contribution in [2.45, 2.75) is 44.3 Å². The van der Waals surface area contributed by atoms with Crippen LogP contribution in [-0.2, 0) is 17.8 Å². The summed E-state index contributed by atoms with van der Waals surface area (Å²) in [6.07, 6.45) is 4.74. The van der Waals surface area contributed by atoms with Gasteiger partial charge in [0.15, 0.2) is 0 Å². The third-order valence-corrected chi connectivity index (χ3v) is 8.60. The van der Waals surface area contributed by atoms with Crippen LogP contribution < -0.4 is 14.5 Å². The van der Waals surface area contributed by atoms with Crippen molar-refractivity contribution in [2.24, 2.45) is 0 Å². The quantitative estimate of drug-likeness (QED) is 0.389. The number of aromatic hydroxyl groups is 1. The van der Waals surface area contributed by atoms with Gasteiger partial charge in [0.1, 0.15) is 18.2 Å². The number of benzene rings is 2. The molecule has 1 atom stereocenters. The largest absolute Gasteiger partial charge is 0.508 e. The van der Waals surface area contributed by atoms with Crippen molar-refractivity contribution in [3.8, 4) is 17.8 Å². The number of aromatic nitrogens is 2. The Kier molecular flexibility index (Phi) is 7.85. The van der Waals surface area contributed by atoms with E-state index in [4.69, 9.17) is 14.7 Å². The molecule has 1 aliphatic carbocycles. The van der Waals surface area contributed by atoms with E-state index in [0.29, 0.717) is 51.3 Å². The van der Waals surface area contributed by atoms with Crippen LogP contribution in [0.5, 0.6) is 11.8 Å². The number of carbonyl (C=O) groups is 1. The van der Waals surface area contributed by atoms with Crippen LogP contribution >= 0.6 is 0 Å². The van der Waals surface area contributed by atoms with Gasteiger partial charge in [0.2, 0.25) is 5.91 Å². The third kappa shape index (κ3) is 5.70. The second kappa shape index (κ2) is 11.9. The number of fused-ring (bicyclic) bond motifs is 2. The van der Waals surface area contributed by atoms with E-state index in [9.17, 15) is 15.2 Å². The normalized spacial score (nSPS) is 18.6. The predicted molar refractivity (Wildman–Crippen MR) is 162 cm³/mol. The number of phenolic OH excluding ortho intramolecular Hbond substituents is 1. The molecule has 10 heteroatoms. The zero-order valence-electron chi connectivity index (χ0n) is 24.1. The van der Waals surface area contributed by atoms with Crippen molar-refractivity contribution in [1.82, 2.24) is 19.8 Å². The Morgan fingerprint density at radius 1 is 1.21 bits per heavy atom. The molecule has 10 nitrogen and oxygen atoms in total. The summed E-state index contributed by atoms with van der Waals surface area (Å²) in [5.41, 5.74) is 2.93. The zero-order valence-corrected chi connectivity index (χ0v) is 24.1. The highest BCUT2D eigenvalue weighted by Crippen LogP contribution is 2.37. The number of rotatable bonds is 9. The third-order valence-electron chi connectivity index (χ3n) is 8.60. The van der Waals surface area contributed by atoms with E-state index in [1.807, 2.05) is 24.3 Å². The molecule has 0 bridgehead atoms. The number of hydrogen-bond donors (Lipinski definition) is 1. The Morgan fingerprint density at radius 2 is 2.05 bits per heavy atom. The minimum absolute atomic E-state index is 0.155. The van der Waals surface area contributed by atoms with Crippen molar-refractivity contribution in [1.29, 1.82) is 5.26 Å². The van der Waals surface area contributed by atoms with Gasteiger partial charge >= 0.3 is 6.01 Å². The molecule has 2 aromatic carbocycles. The smallest absolute Gasteiger partial charge is 0.318 e. The molecule has 1 saturated heterocycles. The Balaban J connectivity index is 1.31. The summed E-state index contributed by atoms with van der Waals surface area (Å²) in [6.45, 7) is 7.80. The highest BCUT2D eigenvalue weighted by molar-refractivity contribution is 5.95. The lowest BCUT2D eigenvalue weighted by atomic mass is 10.0. The summed E-state index contributed by atoms with van der Waals surface area (Å²) in [5, 5.41) is 22.0. The number of hydrogen-bond acceptors (Lipinski definition) is 9. The Morgan fingerprint density at radius 3 is 2.83 bits per heavy atom. The lowest BCUT2D eigenvalue weighted by Gasteiger charge is -2.42. The number of carbonyl (C=O) groups excluding carboxylic acids is 1. The van der Waals surface area contributed by atoms with E-state index in [-0.39, 0.29) is 24.1 Å². The summed E-state index contributed by atoms with van der Waals surface area (Å²) in [4.78, 5) is 30.8. The van der Waals surface area contributed by atoms with Crippen molar-refractivity contribution in [3.63, 3.8) is 0 Å². The van der Waals surface area contributed by atoms with Crippen LogP contribution in [0.25, 0.3) is 10.8 Å². The summed E-state index contributed by atoms with van der Waals surface area (Å²) in [7, 11) is 2.12. The SMILES string of the molecule is C=CC(=O)N1CCN(c2nc(OCCN(C)C3CC3)nc3c2CCN(c2cc(O)cc4ccccc24)C3)C[C@@H]1CC#N. The number of likely N-dealkylation sites (N-methyl/N-ethyl adjacent to an activating group) is 1. The molecule has 3 heterocycles. The fourth-order valence-corrected chi connectivity index (χ4v) is 6.17. The zero-order chi connectivity index (χ0) is 29.2. The number of piperazine rings is 1. The van der Waals surface area contributed by atoms with Gasteiger partial charge in [-0.15, -0.1) is 0 Å². The van der Waals surface area contributed by atoms with Gasteiger partial charge in [-0.05, 0) is 43.8 Å². The summed E-state index contributed by atoms with van der Waals surface area (Å²) in [6, 6.07) is 14.7. The number of anilines is 2. The first-order valence-electron chi connectivity index (χ1n) is 14.7. The van der Waals surface area contributed by atoms with E-state index in [0.717, 1.165) is 46.6 Å². The Hall–Kier alpha value is -4.36. The molecule has 1 amide bonds. The van der Waals surface area contributed by atoms with Crippen LogP contribution in [-0.4, -0.2) is 89.2 Å². The van der Waals surface area contributed by atoms with Crippen molar-refractivity contribution < 1.29 is 14.6 Å². The molecule has 218 valence electrons. The van der Waals surface area contributed by atoms with Gasteiger partial charge in [0.25, 0.3) is 0 Å². The first kappa shape index (κ1) is 27.8. The molecule has 1 saturated carbocycles. The highest BCUT2D eigenvalue weighted by Gasteiger charge is 2.33. The lowest BCUT2D eigenvalue weighted by Crippen LogP contribution is -2.55. The maximum absolute atomic E-state index is 12.5. The number of phenols is 1. The predicted octanol–water partition coefficient (Wildman–Crippen LogP) is 3.49. The molecule has 0 radical (unpaired) electrons. The van der Waals surface area contributed by atoms with E-state index in [1.165, 1.54) is 18.9 Å². The van der Waals surface area contributed by atoms with Gasteiger partial charge in [-0.1, -0.05) is 30.8 Å². The molecule has 42 heavy (non-hydrogen) atoms. The standard InChI is InChI=1S/C32H37N7O3/c1-3-30(41)39-15-14-38(20-24(39)10-12-33)31-27-11-13-37(29-19-25(40)18-22-6-4-5-7-26(22)29)21-28(27)34-32(35-31)42-17-16-36(2)23-8-9-23/h3-7,18-19,23-24,40H,1,8-11,13-17,20-21H2,2H3/t24-/m0/s1. The molecule has 0 unspecified atom stereocenters.